The highest BCUT2D eigenvalue weighted by atomic mass is 16.2. The zero-order chi connectivity index (χ0) is 17.3. The molecule has 134 valence electrons. The number of piperidine rings is 1. The molecule has 25 heavy (non-hydrogen) atoms. The van der Waals surface area contributed by atoms with Crippen molar-refractivity contribution < 1.29 is 9.59 Å². The summed E-state index contributed by atoms with van der Waals surface area (Å²) in [6.07, 6.45) is 4.41. The molecular formula is C20H27N3O2. The van der Waals surface area contributed by atoms with E-state index in [1.165, 1.54) is 25.9 Å². The smallest absolute Gasteiger partial charge is 0.253 e. The molecule has 0 bridgehead atoms. The molecule has 2 amide bonds. The van der Waals surface area contributed by atoms with Crippen molar-refractivity contribution in [1.29, 1.82) is 0 Å². The van der Waals surface area contributed by atoms with E-state index in [1.54, 1.807) is 0 Å². The van der Waals surface area contributed by atoms with E-state index in [9.17, 15) is 9.59 Å². The summed E-state index contributed by atoms with van der Waals surface area (Å²) < 4.78 is 0. The Hall–Kier alpha value is -1.88. The molecule has 0 radical (unpaired) electrons. The van der Waals surface area contributed by atoms with Crippen molar-refractivity contribution in [2.45, 2.75) is 25.7 Å². The Balaban J connectivity index is 1.35. The third-order valence-electron chi connectivity index (χ3n) is 6.00. The highest BCUT2D eigenvalue weighted by Gasteiger charge is 2.54. The van der Waals surface area contributed by atoms with E-state index in [4.69, 9.17) is 0 Å². The second kappa shape index (κ2) is 6.79. The molecule has 1 aromatic carbocycles. The molecule has 1 spiro atoms. The lowest BCUT2D eigenvalue weighted by Crippen LogP contribution is -2.68. The third-order valence-corrected chi connectivity index (χ3v) is 6.00. The van der Waals surface area contributed by atoms with Crippen LogP contribution in [-0.2, 0) is 4.79 Å². The molecule has 0 aliphatic carbocycles. The zero-order valence-corrected chi connectivity index (χ0v) is 14.8. The van der Waals surface area contributed by atoms with Crippen LogP contribution in [0.3, 0.4) is 0 Å². The van der Waals surface area contributed by atoms with Gasteiger partial charge in [-0.1, -0.05) is 18.2 Å². The molecule has 0 aromatic heterocycles. The molecule has 3 heterocycles. The standard InChI is InChI=1S/C20H27N3O2/c24-18(17-7-2-1-3-8-17)22-12-6-9-20(15-22)16-23(19(20)25)14-13-21-10-4-5-11-21/h1-3,7-8H,4-6,9-16H2. The Bertz CT molecular complexity index is 642. The molecule has 0 saturated carbocycles. The minimum absolute atomic E-state index is 0.0583. The van der Waals surface area contributed by atoms with Gasteiger partial charge in [0.25, 0.3) is 5.91 Å². The van der Waals surface area contributed by atoms with Crippen molar-refractivity contribution in [1.82, 2.24) is 14.7 Å². The maximum absolute atomic E-state index is 12.8. The van der Waals surface area contributed by atoms with E-state index in [2.05, 4.69) is 4.90 Å². The van der Waals surface area contributed by atoms with Crippen LogP contribution in [0, 0.1) is 5.41 Å². The van der Waals surface area contributed by atoms with E-state index in [0.29, 0.717) is 6.54 Å². The first-order valence-corrected chi connectivity index (χ1v) is 9.54. The molecule has 1 atom stereocenters. The second-order valence-electron chi connectivity index (χ2n) is 7.75. The second-order valence-corrected chi connectivity index (χ2v) is 7.75. The summed E-state index contributed by atoms with van der Waals surface area (Å²) in [7, 11) is 0. The van der Waals surface area contributed by atoms with Crippen molar-refractivity contribution in [2.24, 2.45) is 5.41 Å². The normalized spacial score (nSPS) is 27.0. The molecule has 3 fully saturated rings. The minimum Gasteiger partial charge on any atom is -0.340 e. The SMILES string of the molecule is O=C(c1ccccc1)N1CCCC2(C1)CN(CCN1CCCC1)C2=O. The molecule has 3 saturated heterocycles. The van der Waals surface area contributed by atoms with E-state index in [1.807, 2.05) is 40.1 Å². The van der Waals surface area contributed by atoms with Crippen LogP contribution in [0.2, 0.25) is 0 Å². The number of carbonyl (C=O) groups excluding carboxylic acids is 2. The fourth-order valence-electron chi connectivity index (χ4n) is 4.57. The van der Waals surface area contributed by atoms with Crippen molar-refractivity contribution in [2.75, 3.05) is 45.8 Å². The minimum atomic E-state index is -0.312. The molecule has 3 aliphatic heterocycles. The summed E-state index contributed by atoms with van der Waals surface area (Å²) in [4.78, 5) is 31.9. The number of amides is 2. The van der Waals surface area contributed by atoms with Crippen molar-refractivity contribution >= 4 is 11.8 Å². The lowest BCUT2D eigenvalue weighted by atomic mass is 9.72. The van der Waals surface area contributed by atoms with E-state index in [0.717, 1.165) is 44.6 Å². The fourth-order valence-corrected chi connectivity index (χ4v) is 4.57. The highest BCUT2D eigenvalue weighted by Crippen LogP contribution is 2.40. The highest BCUT2D eigenvalue weighted by molar-refractivity contribution is 5.95. The number of carbonyl (C=O) groups is 2. The summed E-state index contributed by atoms with van der Waals surface area (Å²) >= 11 is 0. The Kier molecular flexibility index (Phi) is 4.50. The predicted molar refractivity (Wildman–Crippen MR) is 96.3 cm³/mol. The summed E-state index contributed by atoms with van der Waals surface area (Å²) in [5.41, 5.74) is 0.408. The average molecular weight is 341 g/mol. The van der Waals surface area contributed by atoms with Crippen molar-refractivity contribution in [3.05, 3.63) is 35.9 Å². The van der Waals surface area contributed by atoms with Gasteiger partial charge >= 0.3 is 0 Å². The van der Waals surface area contributed by atoms with Crippen molar-refractivity contribution in [3.8, 4) is 0 Å². The van der Waals surface area contributed by atoms with Gasteiger partial charge in [-0.25, -0.2) is 0 Å². The number of likely N-dealkylation sites (tertiary alicyclic amines) is 3. The fraction of sp³-hybridized carbons (Fsp3) is 0.600. The van der Waals surface area contributed by atoms with Crippen molar-refractivity contribution in [3.63, 3.8) is 0 Å². The van der Waals surface area contributed by atoms with Gasteiger partial charge in [0, 0.05) is 38.3 Å². The van der Waals surface area contributed by atoms with E-state index < -0.39 is 0 Å². The first-order valence-electron chi connectivity index (χ1n) is 9.54. The number of β-lactam (4-membered cyclic amide) rings is 1. The first kappa shape index (κ1) is 16.6. The van der Waals surface area contributed by atoms with Gasteiger partial charge in [-0.15, -0.1) is 0 Å². The maximum atomic E-state index is 12.8. The van der Waals surface area contributed by atoms with Crippen LogP contribution in [0.25, 0.3) is 0 Å². The van der Waals surface area contributed by atoms with Crippen LogP contribution in [0.1, 0.15) is 36.0 Å². The van der Waals surface area contributed by atoms with E-state index >= 15 is 0 Å². The lowest BCUT2D eigenvalue weighted by Gasteiger charge is -2.53. The van der Waals surface area contributed by atoms with Gasteiger partial charge in [0.1, 0.15) is 0 Å². The Morgan fingerprint density at radius 1 is 0.960 bits per heavy atom. The van der Waals surface area contributed by atoms with Crippen LogP contribution in [-0.4, -0.2) is 72.3 Å². The zero-order valence-electron chi connectivity index (χ0n) is 14.8. The lowest BCUT2D eigenvalue weighted by molar-refractivity contribution is -0.165. The van der Waals surface area contributed by atoms with Crippen LogP contribution in [0.15, 0.2) is 30.3 Å². The monoisotopic (exact) mass is 341 g/mol. The average Bonchev–Trinajstić information content (AvgIpc) is 3.18. The summed E-state index contributed by atoms with van der Waals surface area (Å²) in [6.45, 7) is 6.34. The molecule has 0 N–H and O–H groups in total. The summed E-state index contributed by atoms with van der Waals surface area (Å²) in [5, 5.41) is 0. The predicted octanol–water partition coefficient (Wildman–Crippen LogP) is 1.85. The Labute approximate surface area is 149 Å². The van der Waals surface area contributed by atoms with E-state index in [-0.39, 0.29) is 17.2 Å². The first-order chi connectivity index (χ1) is 12.2. The van der Waals surface area contributed by atoms with Gasteiger partial charge in [0.2, 0.25) is 5.91 Å². The van der Waals surface area contributed by atoms with Crippen LogP contribution >= 0.6 is 0 Å². The topological polar surface area (TPSA) is 43.9 Å². The molecule has 5 heteroatoms. The van der Waals surface area contributed by atoms with Gasteiger partial charge in [0.15, 0.2) is 0 Å². The molecular weight excluding hydrogens is 314 g/mol. The molecule has 1 aromatic rings. The Morgan fingerprint density at radius 2 is 1.72 bits per heavy atom. The number of rotatable bonds is 4. The third kappa shape index (κ3) is 3.17. The van der Waals surface area contributed by atoms with Gasteiger partial charge < -0.3 is 14.7 Å². The number of nitrogens with zero attached hydrogens (tertiary/aromatic N) is 3. The quantitative estimate of drug-likeness (QED) is 0.785. The molecule has 5 nitrogen and oxygen atoms in total. The number of hydrogen-bond acceptors (Lipinski definition) is 3. The Morgan fingerprint density at radius 3 is 2.44 bits per heavy atom. The van der Waals surface area contributed by atoms with Gasteiger partial charge in [0.05, 0.1) is 5.41 Å². The van der Waals surface area contributed by atoms with Crippen LogP contribution in [0.4, 0.5) is 0 Å². The largest absolute Gasteiger partial charge is 0.340 e. The van der Waals surface area contributed by atoms with Crippen LogP contribution < -0.4 is 0 Å². The van der Waals surface area contributed by atoms with Gasteiger partial charge in [-0.3, -0.25) is 9.59 Å². The number of benzene rings is 1. The summed E-state index contributed by atoms with van der Waals surface area (Å²) in [6, 6.07) is 9.41. The molecule has 3 aliphatic rings. The maximum Gasteiger partial charge on any atom is 0.253 e. The summed E-state index contributed by atoms with van der Waals surface area (Å²) in [5.74, 6) is 0.320. The van der Waals surface area contributed by atoms with Crippen LogP contribution in [0.5, 0.6) is 0 Å². The molecule has 4 rings (SSSR count). The molecule has 1 unspecified atom stereocenters. The van der Waals surface area contributed by atoms with Gasteiger partial charge in [-0.05, 0) is 50.9 Å². The van der Waals surface area contributed by atoms with Gasteiger partial charge in [-0.2, -0.15) is 0 Å². The number of hydrogen-bond donors (Lipinski definition) is 0.